The Morgan fingerprint density at radius 2 is 1.65 bits per heavy atom. The van der Waals surface area contributed by atoms with Crippen LogP contribution in [-0.2, 0) is 29.4 Å². The predicted octanol–water partition coefficient (Wildman–Crippen LogP) is 5.52. The summed E-state index contributed by atoms with van der Waals surface area (Å²) >= 11 is 6.39. The molecule has 2 N–H and O–H groups in total. The third-order valence-electron chi connectivity index (χ3n) is 11.1. The second-order valence-electron chi connectivity index (χ2n) is 13.7. The number of nitrogens with zero attached hydrogens (tertiary/aromatic N) is 2. The van der Waals surface area contributed by atoms with Crippen molar-refractivity contribution in [2.24, 2.45) is 23.7 Å². The van der Waals surface area contributed by atoms with Crippen LogP contribution in [0.15, 0.2) is 90.5 Å². The molecule has 264 valence electrons. The Balaban J connectivity index is 1.38. The number of aliphatic hydroxyl groups excluding tert-OH is 1. The first-order chi connectivity index (χ1) is 24.7. The van der Waals surface area contributed by atoms with Crippen LogP contribution in [0.2, 0.25) is 5.02 Å². The Bertz CT molecular complexity index is 1910. The van der Waals surface area contributed by atoms with Crippen molar-refractivity contribution in [2.75, 3.05) is 24.7 Å². The van der Waals surface area contributed by atoms with Gasteiger partial charge in [0.05, 0.1) is 35.5 Å². The number of halogens is 1. The summed E-state index contributed by atoms with van der Waals surface area (Å²) in [6.07, 6.45) is 4.01. The van der Waals surface area contributed by atoms with Crippen LogP contribution in [0.25, 0.3) is 0 Å². The molecule has 6 atom stereocenters. The zero-order chi connectivity index (χ0) is 35.9. The molecule has 4 aliphatic rings. The highest BCUT2D eigenvalue weighted by Gasteiger charge is 2.70. The Labute approximate surface area is 300 Å². The number of carbonyl (C=O) groups is 5. The quantitative estimate of drug-likeness (QED) is 0.142. The summed E-state index contributed by atoms with van der Waals surface area (Å²) in [6.45, 7) is -0.0250. The fraction of sp³-hybridized carbons (Fsp3) is 0.375. The molecule has 3 aromatic rings. The first-order valence-electron chi connectivity index (χ1n) is 17.5. The highest BCUT2D eigenvalue weighted by atomic mass is 35.5. The minimum Gasteiger partial charge on any atom is -0.491 e. The number of imide groups is 2. The van der Waals surface area contributed by atoms with Gasteiger partial charge < -0.3 is 14.9 Å². The van der Waals surface area contributed by atoms with Crippen molar-refractivity contribution in [3.05, 3.63) is 107 Å². The van der Waals surface area contributed by atoms with Gasteiger partial charge in [0.15, 0.2) is 0 Å². The number of allylic oxidation sites excluding steroid dienone is 2. The number of anilines is 1. The fourth-order valence-corrected chi connectivity index (χ4v) is 9.29. The third-order valence-corrected chi connectivity index (χ3v) is 11.3. The molecule has 0 radical (unpaired) electrons. The monoisotopic (exact) mass is 710 g/mol. The molecular weight excluding hydrogens is 672 g/mol. The molecule has 2 aliphatic heterocycles. The Morgan fingerprint density at radius 3 is 2.39 bits per heavy atom. The van der Waals surface area contributed by atoms with Crippen molar-refractivity contribution >= 4 is 46.9 Å². The summed E-state index contributed by atoms with van der Waals surface area (Å²) in [5, 5.41) is 19.1. The summed E-state index contributed by atoms with van der Waals surface area (Å²) < 4.78 is 6.09. The summed E-state index contributed by atoms with van der Waals surface area (Å²) in [7, 11) is 0. The van der Waals surface area contributed by atoms with Gasteiger partial charge in [-0.1, -0.05) is 84.3 Å². The van der Waals surface area contributed by atoms with Gasteiger partial charge in [0.25, 0.3) is 0 Å². The number of ether oxygens (including phenoxy) is 1. The average molecular weight is 711 g/mol. The molecule has 11 heteroatoms. The highest BCUT2D eigenvalue weighted by molar-refractivity contribution is 6.32. The minimum absolute atomic E-state index is 0.00853. The lowest BCUT2D eigenvalue weighted by Crippen LogP contribution is -2.53. The van der Waals surface area contributed by atoms with Gasteiger partial charge in [0.2, 0.25) is 23.6 Å². The number of para-hydroxylation sites is 1. The Morgan fingerprint density at radius 1 is 0.882 bits per heavy atom. The number of carboxylic acid groups (broad SMARTS) is 1. The van der Waals surface area contributed by atoms with Crippen LogP contribution in [0.1, 0.15) is 55.6 Å². The van der Waals surface area contributed by atoms with E-state index >= 15 is 4.79 Å². The van der Waals surface area contributed by atoms with E-state index in [2.05, 4.69) is 0 Å². The zero-order valence-corrected chi connectivity index (χ0v) is 28.7. The molecule has 2 saturated heterocycles. The molecule has 0 spiro atoms. The lowest BCUT2D eigenvalue weighted by Gasteiger charge is -2.51. The smallest absolute Gasteiger partial charge is 0.303 e. The van der Waals surface area contributed by atoms with Crippen molar-refractivity contribution in [3.63, 3.8) is 0 Å². The Hall–Kier alpha value is -4.80. The average Bonchev–Trinajstić information content (AvgIpc) is 3.51. The molecule has 10 nitrogen and oxygen atoms in total. The lowest BCUT2D eigenvalue weighted by atomic mass is 9.49. The third kappa shape index (κ3) is 5.74. The number of likely N-dealkylation sites (tertiary alicyclic amines) is 1. The van der Waals surface area contributed by atoms with E-state index in [9.17, 15) is 24.3 Å². The molecule has 0 aromatic heterocycles. The number of rotatable bonds is 12. The van der Waals surface area contributed by atoms with E-state index in [1.807, 2.05) is 54.6 Å². The molecule has 2 aliphatic carbocycles. The molecular formula is C40H39ClN2O8. The van der Waals surface area contributed by atoms with E-state index < -0.39 is 52.8 Å². The van der Waals surface area contributed by atoms with E-state index in [1.165, 1.54) is 9.80 Å². The Kier molecular flexibility index (Phi) is 9.56. The molecule has 6 unspecified atom stereocenters. The fourth-order valence-electron chi connectivity index (χ4n) is 9.10. The first-order valence-corrected chi connectivity index (χ1v) is 17.9. The number of hydrogen-bond acceptors (Lipinski definition) is 7. The van der Waals surface area contributed by atoms with Crippen LogP contribution in [0.5, 0.6) is 5.75 Å². The van der Waals surface area contributed by atoms with Gasteiger partial charge >= 0.3 is 5.97 Å². The zero-order valence-electron chi connectivity index (χ0n) is 27.9. The number of fused-ring (bicyclic) bond motifs is 4. The van der Waals surface area contributed by atoms with Gasteiger partial charge in [-0.2, -0.15) is 0 Å². The SMILES string of the molecule is O=C(O)CCCCCN1C(=O)C2CC=C3C(CC4C(=O)N(c5cccc(Cl)c5)C(=O)C4(c4ccccc4)C3c3ccccc3OCCO)C2C1=O. The second-order valence-corrected chi connectivity index (χ2v) is 14.2. The van der Waals surface area contributed by atoms with Gasteiger partial charge in [-0.25, -0.2) is 4.90 Å². The summed E-state index contributed by atoms with van der Waals surface area (Å²) in [5.41, 5.74) is 1.02. The van der Waals surface area contributed by atoms with E-state index in [4.69, 9.17) is 21.4 Å². The number of hydrogen-bond donors (Lipinski definition) is 2. The predicted molar refractivity (Wildman–Crippen MR) is 188 cm³/mol. The van der Waals surface area contributed by atoms with Crippen molar-refractivity contribution < 1.29 is 38.9 Å². The van der Waals surface area contributed by atoms with Gasteiger partial charge in [0.1, 0.15) is 12.4 Å². The number of carbonyl (C=O) groups excluding carboxylic acids is 4. The van der Waals surface area contributed by atoms with Crippen molar-refractivity contribution in [1.82, 2.24) is 4.90 Å². The minimum atomic E-state index is -1.44. The van der Waals surface area contributed by atoms with E-state index in [-0.39, 0.29) is 44.4 Å². The highest BCUT2D eigenvalue weighted by Crippen LogP contribution is 2.65. The second kappa shape index (κ2) is 14.1. The molecule has 4 amide bonds. The lowest BCUT2D eigenvalue weighted by molar-refractivity contribution is -0.141. The molecule has 51 heavy (non-hydrogen) atoms. The van der Waals surface area contributed by atoms with Crippen LogP contribution in [0, 0.1) is 23.7 Å². The summed E-state index contributed by atoms with van der Waals surface area (Å²) in [6, 6.07) is 23.2. The summed E-state index contributed by atoms with van der Waals surface area (Å²) in [4.78, 5) is 71.9. The maximum atomic E-state index is 15.4. The van der Waals surface area contributed by atoms with Gasteiger partial charge in [-0.15, -0.1) is 0 Å². The van der Waals surface area contributed by atoms with Crippen LogP contribution in [0.4, 0.5) is 5.69 Å². The summed E-state index contributed by atoms with van der Waals surface area (Å²) in [5.74, 6) is -5.31. The maximum Gasteiger partial charge on any atom is 0.303 e. The van der Waals surface area contributed by atoms with Gasteiger partial charge in [-0.05, 0) is 61.4 Å². The van der Waals surface area contributed by atoms with Crippen molar-refractivity contribution in [3.8, 4) is 5.75 Å². The van der Waals surface area contributed by atoms with Crippen LogP contribution >= 0.6 is 11.6 Å². The largest absolute Gasteiger partial charge is 0.491 e. The van der Waals surface area contributed by atoms with Crippen LogP contribution in [0.3, 0.4) is 0 Å². The molecule has 0 bridgehead atoms. The number of amides is 4. The molecule has 2 heterocycles. The van der Waals surface area contributed by atoms with E-state index in [0.717, 1.165) is 5.57 Å². The standard InChI is InChI=1S/C40H39ClN2O8/c41-25-12-9-13-26(22-25)43-37(48)31-23-30-27(17-18-29-34(30)38(49)42(36(29)47)19-8-2-5-16-33(45)46)35(28-14-6-7-15-32(28)51-21-20-44)40(31,39(43)50)24-10-3-1-4-11-24/h1,3-4,6-7,9-15,17,22,29-31,34-35,44H,2,5,8,16,18-21,23H2,(H,45,46). The van der Waals surface area contributed by atoms with Crippen LogP contribution < -0.4 is 9.64 Å². The number of unbranched alkanes of at least 4 members (excludes halogenated alkanes) is 2. The molecule has 3 aromatic carbocycles. The van der Waals surface area contributed by atoms with Crippen molar-refractivity contribution in [1.29, 1.82) is 0 Å². The van der Waals surface area contributed by atoms with E-state index in [1.54, 1.807) is 30.3 Å². The van der Waals surface area contributed by atoms with Gasteiger partial charge in [0, 0.05) is 29.5 Å². The number of carboxylic acids is 1. The maximum absolute atomic E-state index is 15.4. The van der Waals surface area contributed by atoms with E-state index in [0.29, 0.717) is 53.3 Å². The topological polar surface area (TPSA) is 142 Å². The van der Waals surface area contributed by atoms with Crippen LogP contribution in [-0.4, -0.2) is 64.5 Å². The molecule has 3 fully saturated rings. The number of aliphatic hydroxyl groups is 1. The van der Waals surface area contributed by atoms with Gasteiger partial charge in [-0.3, -0.25) is 28.9 Å². The number of benzene rings is 3. The first kappa shape index (κ1) is 34.6. The molecule has 7 rings (SSSR count). The molecule has 1 saturated carbocycles. The number of aliphatic carboxylic acids is 1. The normalized spacial score (nSPS) is 26.9. The van der Waals surface area contributed by atoms with Crippen molar-refractivity contribution in [2.45, 2.75) is 49.9 Å².